The van der Waals surface area contributed by atoms with E-state index >= 15 is 0 Å². The maximum absolute atomic E-state index is 12.4. The number of hydrogen-bond donors (Lipinski definition) is 0. The van der Waals surface area contributed by atoms with Crippen LogP contribution in [0.3, 0.4) is 0 Å². The van der Waals surface area contributed by atoms with E-state index in [1.54, 1.807) is 7.11 Å². The Morgan fingerprint density at radius 3 is 2.75 bits per heavy atom. The summed E-state index contributed by atoms with van der Waals surface area (Å²) in [6.07, 6.45) is 2.33. The molecule has 2 fully saturated rings. The Labute approximate surface area is 143 Å². The highest BCUT2D eigenvalue weighted by Crippen LogP contribution is 2.40. The van der Waals surface area contributed by atoms with Crippen molar-refractivity contribution < 1.29 is 19.0 Å². The van der Waals surface area contributed by atoms with Crippen LogP contribution in [0.1, 0.15) is 25.3 Å². The molecule has 2 heterocycles. The first-order valence-electron chi connectivity index (χ1n) is 8.79. The van der Waals surface area contributed by atoms with Gasteiger partial charge in [0, 0.05) is 26.1 Å². The summed E-state index contributed by atoms with van der Waals surface area (Å²) in [6, 6.07) is 7.99. The van der Waals surface area contributed by atoms with Crippen LogP contribution in [-0.2, 0) is 20.7 Å². The van der Waals surface area contributed by atoms with E-state index in [1.165, 1.54) is 0 Å². The fraction of sp³-hybridized carbons (Fsp3) is 0.632. The molecule has 2 aliphatic heterocycles. The van der Waals surface area contributed by atoms with Crippen LogP contribution < -0.4 is 4.74 Å². The van der Waals surface area contributed by atoms with Crippen molar-refractivity contribution in [3.63, 3.8) is 0 Å². The second-order valence-electron chi connectivity index (χ2n) is 6.68. The molecule has 0 saturated carbocycles. The first kappa shape index (κ1) is 17.2. The highest BCUT2D eigenvalue weighted by Gasteiger charge is 2.54. The zero-order chi connectivity index (χ0) is 17.0. The van der Waals surface area contributed by atoms with Gasteiger partial charge in [0.15, 0.2) is 0 Å². The number of benzene rings is 1. The van der Waals surface area contributed by atoms with Crippen molar-refractivity contribution >= 4 is 5.91 Å². The minimum atomic E-state index is -0.148. The van der Waals surface area contributed by atoms with E-state index in [0.717, 1.165) is 30.8 Å². The molecule has 132 valence electrons. The first-order valence-corrected chi connectivity index (χ1v) is 8.79. The van der Waals surface area contributed by atoms with E-state index in [9.17, 15) is 4.79 Å². The molecule has 0 bridgehead atoms. The van der Waals surface area contributed by atoms with Gasteiger partial charge in [-0.15, -0.1) is 0 Å². The largest absolute Gasteiger partial charge is 0.494 e. The van der Waals surface area contributed by atoms with Crippen LogP contribution in [0.25, 0.3) is 0 Å². The molecule has 1 aromatic carbocycles. The predicted molar refractivity (Wildman–Crippen MR) is 91.2 cm³/mol. The number of carbonyl (C=O) groups is 1. The lowest BCUT2D eigenvalue weighted by Gasteiger charge is -2.50. The van der Waals surface area contributed by atoms with Crippen molar-refractivity contribution in [1.82, 2.24) is 4.90 Å². The number of nitrogens with zero attached hydrogens (tertiary/aromatic N) is 1. The predicted octanol–water partition coefficient (Wildman–Crippen LogP) is 2.28. The number of rotatable bonds is 7. The van der Waals surface area contributed by atoms with Gasteiger partial charge in [0.2, 0.25) is 5.91 Å². The second kappa shape index (κ2) is 7.53. The average molecular weight is 333 g/mol. The smallest absolute Gasteiger partial charge is 0.223 e. The van der Waals surface area contributed by atoms with Crippen LogP contribution in [0.2, 0.25) is 0 Å². The van der Waals surface area contributed by atoms with Crippen LogP contribution in [0.5, 0.6) is 5.75 Å². The van der Waals surface area contributed by atoms with Crippen LogP contribution in [0, 0.1) is 5.92 Å². The number of aryl methyl sites for hydroxylation is 1. The topological polar surface area (TPSA) is 48.0 Å². The van der Waals surface area contributed by atoms with Gasteiger partial charge in [-0.25, -0.2) is 0 Å². The summed E-state index contributed by atoms with van der Waals surface area (Å²) >= 11 is 0. The molecule has 1 unspecified atom stereocenters. The average Bonchev–Trinajstić information content (AvgIpc) is 2.97. The molecule has 0 aromatic heterocycles. The van der Waals surface area contributed by atoms with E-state index in [4.69, 9.17) is 14.2 Å². The van der Waals surface area contributed by atoms with Crippen molar-refractivity contribution in [3.05, 3.63) is 29.8 Å². The SMILES string of the molecule is CCOc1ccc(CCC(=O)N2CC3(C2)OCCC3COC)cc1. The Morgan fingerprint density at radius 1 is 1.33 bits per heavy atom. The summed E-state index contributed by atoms with van der Waals surface area (Å²) in [5, 5.41) is 0. The molecule has 0 radical (unpaired) electrons. The van der Waals surface area contributed by atoms with Gasteiger partial charge in [0.05, 0.1) is 26.3 Å². The molecular weight excluding hydrogens is 306 g/mol. The van der Waals surface area contributed by atoms with Gasteiger partial charge in [-0.05, 0) is 37.5 Å². The van der Waals surface area contributed by atoms with Gasteiger partial charge in [-0.1, -0.05) is 12.1 Å². The summed E-state index contributed by atoms with van der Waals surface area (Å²) < 4.78 is 16.7. The van der Waals surface area contributed by atoms with Crippen LogP contribution in [-0.4, -0.2) is 56.4 Å². The van der Waals surface area contributed by atoms with Crippen molar-refractivity contribution in [1.29, 1.82) is 0 Å². The lowest BCUT2D eigenvalue weighted by Crippen LogP contribution is -2.66. The molecule has 1 amide bonds. The van der Waals surface area contributed by atoms with E-state index in [0.29, 0.717) is 38.6 Å². The highest BCUT2D eigenvalue weighted by atomic mass is 16.5. The number of methoxy groups -OCH3 is 1. The van der Waals surface area contributed by atoms with Gasteiger partial charge >= 0.3 is 0 Å². The minimum absolute atomic E-state index is 0.148. The van der Waals surface area contributed by atoms with Gasteiger partial charge in [0.1, 0.15) is 11.4 Å². The fourth-order valence-corrected chi connectivity index (χ4v) is 3.68. The molecular formula is C19H27NO4. The van der Waals surface area contributed by atoms with E-state index in [-0.39, 0.29) is 11.5 Å². The summed E-state index contributed by atoms with van der Waals surface area (Å²) in [5.41, 5.74) is 1.02. The van der Waals surface area contributed by atoms with Crippen LogP contribution in [0.4, 0.5) is 0 Å². The minimum Gasteiger partial charge on any atom is -0.494 e. The maximum atomic E-state index is 12.4. The summed E-state index contributed by atoms with van der Waals surface area (Å²) in [7, 11) is 1.73. The van der Waals surface area contributed by atoms with Gasteiger partial charge in [0.25, 0.3) is 0 Å². The lowest BCUT2D eigenvalue weighted by molar-refractivity contribution is -0.168. The molecule has 24 heavy (non-hydrogen) atoms. The Hall–Kier alpha value is -1.59. The number of ether oxygens (including phenoxy) is 3. The monoisotopic (exact) mass is 333 g/mol. The molecule has 1 atom stereocenters. The summed E-state index contributed by atoms with van der Waals surface area (Å²) in [5.74, 6) is 1.50. The standard InChI is InChI=1S/C19H27NO4/c1-3-23-17-7-4-15(5-8-17)6-9-18(21)20-13-19(14-20)16(12-22-2)10-11-24-19/h4-5,7-8,16H,3,6,9-14H2,1-2H3. The quantitative estimate of drug-likeness (QED) is 0.768. The van der Waals surface area contributed by atoms with E-state index < -0.39 is 0 Å². The van der Waals surface area contributed by atoms with Gasteiger partial charge < -0.3 is 19.1 Å². The number of carbonyl (C=O) groups excluding carboxylic acids is 1. The zero-order valence-electron chi connectivity index (χ0n) is 14.6. The fourth-order valence-electron chi connectivity index (χ4n) is 3.68. The van der Waals surface area contributed by atoms with E-state index in [1.807, 2.05) is 36.1 Å². The molecule has 2 aliphatic rings. The summed E-state index contributed by atoms with van der Waals surface area (Å²) in [4.78, 5) is 14.3. The number of amides is 1. The Morgan fingerprint density at radius 2 is 2.08 bits per heavy atom. The molecule has 0 aliphatic carbocycles. The molecule has 0 N–H and O–H groups in total. The second-order valence-corrected chi connectivity index (χ2v) is 6.68. The third-order valence-corrected chi connectivity index (χ3v) is 5.10. The molecule has 5 heteroatoms. The van der Waals surface area contributed by atoms with Crippen molar-refractivity contribution in [2.75, 3.05) is 40.0 Å². The van der Waals surface area contributed by atoms with Gasteiger partial charge in [-0.2, -0.15) is 0 Å². The highest BCUT2D eigenvalue weighted by molar-refractivity contribution is 5.77. The third-order valence-electron chi connectivity index (χ3n) is 5.10. The number of hydrogen-bond acceptors (Lipinski definition) is 4. The van der Waals surface area contributed by atoms with Crippen LogP contribution >= 0.6 is 0 Å². The maximum Gasteiger partial charge on any atom is 0.223 e. The van der Waals surface area contributed by atoms with Gasteiger partial charge in [-0.3, -0.25) is 4.79 Å². The Kier molecular flexibility index (Phi) is 5.41. The normalized spacial score (nSPS) is 21.8. The third kappa shape index (κ3) is 3.57. The van der Waals surface area contributed by atoms with Crippen molar-refractivity contribution in [2.24, 2.45) is 5.92 Å². The molecule has 1 spiro atoms. The zero-order valence-corrected chi connectivity index (χ0v) is 14.6. The first-order chi connectivity index (χ1) is 11.7. The molecule has 5 nitrogen and oxygen atoms in total. The molecule has 1 aromatic rings. The summed E-state index contributed by atoms with van der Waals surface area (Å²) in [6.45, 7) is 5.56. The molecule has 2 saturated heterocycles. The van der Waals surface area contributed by atoms with Crippen molar-refractivity contribution in [2.45, 2.75) is 31.8 Å². The lowest BCUT2D eigenvalue weighted by atomic mass is 9.81. The Balaban J connectivity index is 1.45. The van der Waals surface area contributed by atoms with E-state index in [2.05, 4.69) is 0 Å². The van der Waals surface area contributed by atoms with Crippen molar-refractivity contribution in [3.8, 4) is 5.75 Å². The van der Waals surface area contributed by atoms with Crippen LogP contribution in [0.15, 0.2) is 24.3 Å². The number of likely N-dealkylation sites (tertiary alicyclic amines) is 1. The molecule has 3 rings (SSSR count). The Bertz CT molecular complexity index is 551.